The van der Waals surface area contributed by atoms with Gasteiger partial charge in [-0.2, -0.15) is 0 Å². The molecule has 0 saturated carbocycles. The van der Waals surface area contributed by atoms with E-state index in [1.807, 2.05) is 30.5 Å². The summed E-state index contributed by atoms with van der Waals surface area (Å²) in [6, 6.07) is 10.6. The first-order chi connectivity index (χ1) is 14.4. The van der Waals surface area contributed by atoms with Gasteiger partial charge >= 0.3 is 0 Å². The summed E-state index contributed by atoms with van der Waals surface area (Å²) in [4.78, 5) is 30.6. The van der Waals surface area contributed by atoms with E-state index in [0.717, 1.165) is 16.5 Å². The topological polar surface area (TPSA) is 73.2 Å². The number of pyridine rings is 2. The molecule has 7 heteroatoms. The van der Waals surface area contributed by atoms with Crippen LogP contribution in [0.1, 0.15) is 22.8 Å². The van der Waals surface area contributed by atoms with Gasteiger partial charge in [0.2, 0.25) is 5.43 Å². The first-order valence-electron chi connectivity index (χ1n) is 9.51. The van der Waals surface area contributed by atoms with Gasteiger partial charge in [0, 0.05) is 29.3 Å². The van der Waals surface area contributed by atoms with E-state index in [-0.39, 0.29) is 11.0 Å². The molecule has 2 aromatic heterocycles. The molecule has 4 rings (SSSR count). The second-order valence-electron chi connectivity index (χ2n) is 6.92. The molecule has 152 valence electrons. The number of ether oxygens (including phenoxy) is 1. The summed E-state index contributed by atoms with van der Waals surface area (Å²) in [5.41, 5.74) is 2.57. The number of anilines is 1. The molecule has 1 amide bonds. The molecule has 0 bridgehead atoms. The highest BCUT2D eigenvalue weighted by molar-refractivity contribution is 6.32. The van der Waals surface area contributed by atoms with Crippen molar-refractivity contribution in [1.29, 1.82) is 0 Å². The van der Waals surface area contributed by atoms with E-state index in [1.165, 1.54) is 0 Å². The number of methoxy groups -OCH3 is 1. The average Bonchev–Trinajstić information content (AvgIpc) is 2.76. The van der Waals surface area contributed by atoms with Crippen molar-refractivity contribution in [1.82, 2.24) is 9.55 Å². The van der Waals surface area contributed by atoms with Gasteiger partial charge in [-0.25, -0.2) is 0 Å². The summed E-state index contributed by atoms with van der Waals surface area (Å²) in [5.74, 6) is 0.0827. The lowest BCUT2D eigenvalue weighted by Gasteiger charge is -2.14. The molecular formula is C23H20ClN3O3. The summed E-state index contributed by atoms with van der Waals surface area (Å²) >= 11 is 6.19. The maximum Gasteiger partial charge on any atom is 0.261 e. The van der Waals surface area contributed by atoms with Crippen LogP contribution in [0, 0.1) is 6.92 Å². The molecule has 0 unspecified atom stereocenters. The number of benzene rings is 2. The molecule has 1 N–H and O–H groups in total. The normalized spacial score (nSPS) is 11.1. The maximum absolute atomic E-state index is 13.1. The van der Waals surface area contributed by atoms with E-state index < -0.39 is 5.91 Å². The van der Waals surface area contributed by atoms with Gasteiger partial charge in [-0.05, 0) is 55.8 Å². The van der Waals surface area contributed by atoms with Crippen molar-refractivity contribution in [2.45, 2.75) is 20.4 Å². The van der Waals surface area contributed by atoms with Crippen molar-refractivity contribution in [2.75, 3.05) is 12.4 Å². The lowest BCUT2D eigenvalue weighted by atomic mass is 10.1. The molecule has 0 radical (unpaired) electrons. The Hall–Kier alpha value is -3.38. The number of aromatic nitrogens is 2. The third-order valence-electron chi connectivity index (χ3n) is 5.22. The third-order valence-corrected chi connectivity index (χ3v) is 5.63. The minimum Gasteiger partial charge on any atom is -0.497 e. The number of hydrogen-bond acceptors (Lipinski definition) is 4. The number of carbonyl (C=O) groups is 1. The van der Waals surface area contributed by atoms with E-state index in [4.69, 9.17) is 16.3 Å². The molecule has 0 fully saturated rings. The molecular weight excluding hydrogens is 402 g/mol. The van der Waals surface area contributed by atoms with Crippen LogP contribution in [-0.2, 0) is 6.54 Å². The van der Waals surface area contributed by atoms with Crippen LogP contribution in [0.3, 0.4) is 0 Å². The largest absolute Gasteiger partial charge is 0.497 e. The van der Waals surface area contributed by atoms with Crippen LogP contribution in [0.25, 0.3) is 21.8 Å². The van der Waals surface area contributed by atoms with Gasteiger partial charge in [0.25, 0.3) is 5.91 Å². The van der Waals surface area contributed by atoms with Gasteiger partial charge in [-0.3, -0.25) is 14.6 Å². The molecule has 0 aliphatic heterocycles. The van der Waals surface area contributed by atoms with E-state index >= 15 is 0 Å². The minimum atomic E-state index is -0.480. The first kappa shape index (κ1) is 19.9. The maximum atomic E-state index is 13.1. The lowest BCUT2D eigenvalue weighted by Crippen LogP contribution is -2.24. The zero-order chi connectivity index (χ0) is 21.4. The number of nitrogens with one attached hydrogen (secondary N) is 1. The van der Waals surface area contributed by atoms with Crippen LogP contribution in [-0.4, -0.2) is 22.6 Å². The van der Waals surface area contributed by atoms with Crippen LogP contribution >= 0.6 is 11.6 Å². The number of rotatable bonds is 4. The van der Waals surface area contributed by atoms with Crippen molar-refractivity contribution < 1.29 is 9.53 Å². The van der Waals surface area contributed by atoms with E-state index in [0.29, 0.717) is 33.9 Å². The quantitative estimate of drug-likeness (QED) is 0.514. The Balaban J connectivity index is 1.83. The summed E-state index contributed by atoms with van der Waals surface area (Å²) in [6.45, 7) is 4.44. The fraction of sp³-hybridized carbons (Fsp3) is 0.174. The van der Waals surface area contributed by atoms with Crippen molar-refractivity contribution in [3.05, 3.63) is 75.2 Å². The summed E-state index contributed by atoms with van der Waals surface area (Å²) in [7, 11) is 1.54. The standard InChI is InChI=1S/C23H20ClN3O3/c1-4-27-12-17(22(28)16-11-14(30-3)5-8-20(16)27)23(29)26-19-9-10-25-21-13(2)18(24)7-6-15(19)21/h5-12H,4H2,1-3H3,(H,25,26,29). The zero-order valence-electron chi connectivity index (χ0n) is 16.8. The van der Waals surface area contributed by atoms with Crippen molar-refractivity contribution in [3.8, 4) is 5.75 Å². The molecule has 6 nitrogen and oxygen atoms in total. The number of fused-ring (bicyclic) bond motifs is 2. The number of nitrogens with zero attached hydrogens (tertiary/aromatic N) is 2. The van der Waals surface area contributed by atoms with Gasteiger partial charge in [0.05, 0.1) is 29.2 Å². The van der Waals surface area contributed by atoms with Crippen molar-refractivity contribution in [3.63, 3.8) is 0 Å². The number of carbonyl (C=O) groups excluding carboxylic acids is 1. The Bertz CT molecular complexity index is 1360. The molecule has 2 aromatic carbocycles. The van der Waals surface area contributed by atoms with Gasteiger partial charge in [0.1, 0.15) is 11.3 Å². The molecule has 4 aromatic rings. The smallest absolute Gasteiger partial charge is 0.261 e. The predicted molar refractivity (Wildman–Crippen MR) is 120 cm³/mol. The molecule has 0 aliphatic carbocycles. The Labute approximate surface area is 178 Å². The highest BCUT2D eigenvalue weighted by Gasteiger charge is 2.17. The van der Waals surface area contributed by atoms with Gasteiger partial charge in [-0.1, -0.05) is 11.6 Å². The van der Waals surface area contributed by atoms with Crippen LogP contribution in [0.15, 0.2) is 53.6 Å². The average molecular weight is 422 g/mol. The Morgan fingerprint density at radius 3 is 2.73 bits per heavy atom. The monoisotopic (exact) mass is 421 g/mol. The molecule has 30 heavy (non-hydrogen) atoms. The van der Waals surface area contributed by atoms with Crippen LogP contribution < -0.4 is 15.5 Å². The van der Waals surface area contributed by atoms with Crippen molar-refractivity contribution in [2.24, 2.45) is 0 Å². The Morgan fingerprint density at radius 1 is 1.20 bits per heavy atom. The number of amides is 1. The molecule has 0 spiro atoms. The number of aryl methyl sites for hydroxylation is 2. The third kappa shape index (κ3) is 3.29. The fourth-order valence-corrected chi connectivity index (χ4v) is 3.71. The fourth-order valence-electron chi connectivity index (χ4n) is 3.56. The molecule has 0 aliphatic rings. The summed E-state index contributed by atoms with van der Waals surface area (Å²) in [6.07, 6.45) is 3.20. The summed E-state index contributed by atoms with van der Waals surface area (Å²) in [5, 5.41) is 4.66. The van der Waals surface area contributed by atoms with Gasteiger partial charge < -0.3 is 14.6 Å². The van der Waals surface area contributed by atoms with E-state index in [9.17, 15) is 9.59 Å². The molecule has 0 saturated heterocycles. The highest BCUT2D eigenvalue weighted by atomic mass is 35.5. The van der Waals surface area contributed by atoms with Gasteiger partial charge in [-0.15, -0.1) is 0 Å². The van der Waals surface area contributed by atoms with Crippen LogP contribution in [0.5, 0.6) is 5.75 Å². The van der Waals surface area contributed by atoms with Gasteiger partial charge in [0.15, 0.2) is 0 Å². The highest BCUT2D eigenvalue weighted by Crippen LogP contribution is 2.29. The van der Waals surface area contributed by atoms with Crippen molar-refractivity contribution >= 4 is 45.0 Å². The number of hydrogen-bond donors (Lipinski definition) is 1. The van der Waals surface area contributed by atoms with E-state index in [1.54, 1.807) is 43.8 Å². The number of halogens is 1. The molecule has 0 atom stereocenters. The molecule has 2 heterocycles. The van der Waals surface area contributed by atoms with Crippen LogP contribution in [0.2, 0.25) is 5.02 Å². The Morgan fingerprint density at radius 2 is 2.00 bits per heavy atom. The first-order valence-corrected chi connectivity index (χ1v) is 9.88. The predicted octanol–water partition coefficient (Wildman–Crippen LogP) is 4.79. The van der Waals surface area contributed by atoms with Crippen LogP contribution in [0.4, 0.5) is 5.69 Å². The lowest BCUT2D eigenvalue weighted by molar-refractivity contribution is 0.102. The minimum absolute atomic E-state index is 0.0632. The Kier molecular flexibility index (Phi) is 5.18. The SMILES string of the molecule is CCn1cc(C(=O)Nc2ccnc3c(C)c(Cl)ccc23)c(=O)c2cc(OC)ccc21. The zero-order valence-corrected chi connectivity index (χ0v) is 17.6. The van der Waals surface area contributed by atoms with E-state index in [2.05, 4.69) is 10.3 Å². The summed E-state index contributed by atoms with van der Waals surface area (Å²) < 4.78 is 7.12. The second-order valence-corrected chi connectivity index (χ2v) is 7.33. The second kappa shape index (κ2) is 7.80.